The molecule has 1 aromatic rings. The average molecular weight is 193 g/mol. The average Bonchev–Trinajstić information content (AvgIpc) is 2.03. The van der Waals surface area contributed by atoms with Crippen molar-refractivity contribution in [2.75, 3.05) is 0 Å². The molecular weight excluding hydrogens is 188 g/mol. The minimum atomic E-state index is -4.53. The van der Waals surface area contributed by atoms with Crippen LogP contribution in [0, 0.1) is 5.82 Å². The Kier molecular flexibility index (Phi) is 2.56. The summed E-state index contributed by atoms with van der Waals surface area (Å²) in [5.41, 5.74) is -1.46. The van der Waals surface area contributed by atoms with Crippen molar-refractivity contribution >= 4 is 0 Å². The van der Waals surface area contributed by atoms with Gasteiger partial charge in [-0.15, -0.1) is 0 Å². The summed E-state index contributed by atoms with van der Waals surface area (Å²) in [7, 11) is 0. The van der Waals surface area contributed by atoms with E-state index >= 15 is 0 Å². The van der Waals surface area contributed by atoms with E-state index < -0.39 is 29.7 Å². The highest BCUT2D eigenvalue weighted by Crippen LogP contribution is 2.30. The summed E-state index contributed by atoms with van der Waals surface area (Å²) < 4.78 is 48.6. The molecule has 0 amide bonds. The number of benzene rings is 1. The molecule has 0 atom stereocenters. The van der Waals surface area contributed by atoms with Crippen LogP contribution in [0.4, 0.5) is 17.6 Å². The van der Waals surface area contributed by atoms with Crippen LogP contribution >= 0.6 is 0 Å². The lowest BCUT2D eigenvalue weighted by atomic mass is 10.1. The molecule has 0 N–H and O–H groups in total. The van der Waals surface area contributed by atoms with Gasteiger partial charge in [0.05, 0.1) is 5.56 Å². The third kappa shape index (κ3) is 2.18. The minimum absolute atomic E-state index is 0.463. The highest BCUT2D eigenvalue weighted by molar-refractivity contribution is 5.26. The second-order valence-electron chi connectivity index (χ2n) is 2.45. The number of hydrogen-bond donors (Lipinski definition) is 0. The van der Waals surface area contributed by atoms with Crippen LogP contribution in [0.15, 0.2) is 18.2 Å². The molecule has 0 aromatic heterocycles. The number of rotatable bonds is 1. The lowest BCUT2D eigenvalue weighted by molar-refractivity contribution is -0.137. The first-order valence-electron chi connectivity index (χ1n) is 3.39. The zero-order chi connectivity index (χ0) is 10.1. The van der Waals surface area contributed by atoms with Crippen molar-refractivity contribution < 1.29 is 22.7 Å². The summed E-state index contributed by atoms with van der Waals surface area (Å²) in [4.78, 5) is 0. The molecule has 5 heteroatoms. The Morgan fingerprint density at radius 3 is 2.31 bits per heavy atom. The maximum atomic E-state index is 12.6. The molecule has 0 aliphatic heterocycles. The molecule has 0 saturated heterocycles. The van der Waals surface area contributed by atoms with Gasteiger partial charge in [-0.1, -0.05) is 0 Å². The van der Waals surface area contributed by atoms with Crippen molar-refractivity contribution in [3.05, 3.63) is 35.1 Å². The summed E-state index contributed by atoms with van der Waals surface area (Å²) in [6.45, 7) is -0.990. The summed E-state index contributed by atoms with van der Waals surface area (Å²) in [5, 5.41) is 10.2. The van der Waals surface area contributed by atoms with Gasteiger partial charge < -0.3 is 0 Å². The predicted molar refractivity (Wildman–Crippen MR) is 35.8 cm³/mol. The van der Waals surface area contributed by atoms with Crippen LogP contribution < -0.4 is 0 Å². The molecule has 0 unspecified atom stereocenters. The van der Waals surface area contributed by atoms with Gasteiger partial charge in [0.25, 0.3) is 0 Å². The van der Waals surface area contributed by atoms with Gasteiger partial charge >= 0.3 is 6.18 Å². The van der Waals surface area contributed by atoms with Gasteiger partial charge in [-0.2, -0.15) is 13.2 Å². The summed E-state index contributed by atoms with van der Waals surface area (Å²) in [5.74, 6) is -0.900. The Morgan fingerprint density at radius 1 is 1.23 bits per heavy atom. The smallest absolute Gasteiger partial charge is 0.231 e. The van der Waals surface area contributed by atoms with E-state index in [2.05, 4.69) is 0 Å². The van der Waals surface area contributed by atoms with Gasteiger partial charge in [-0.25, -0.2) is 9.50 Å². The van der Waals surface area contributed by atoms with Crippen molar-refractivity contribution in [1.82, 2.24) is 0 Å². The minimum Gasteiger partial charge on any atom is -0.231 e. The van der Waals surface area contributed by atoms with E-state index in [1.165, 1.54) is 0 Å². The molecule has 0 bridgehead atoms. The summed E-state index contributed by atoms with van der Waals surface area (Å²) >= 11 is 0. The SMILES string of the molecule is [O]Cc1cc(C(F)(F)F)ccc1F. The van der Waals surface area contributed by atoms with Crippen molar-refractivity contribution in [1.29, 1.82) is 0 Å². The van der Waals surface area contributed by atoms with E-state index in [1.807, 2.05) is 0 Å². The molecule has 13 heavy (non-hydrogen) atoms. The molecule has 71 valence electrons. The first-order chi connectivity index (χ1) is 5.95. The molecule has 1 aromatic carbocycles. The predicted octanol–water partition coefficient (Wildman–Crippen LogP) is 2.78. The van der Waals surface area contributed by atoms with E-state index in [-0.39, 0.29) is 0 Å². The molecule has 0 aliphatic rings. The van der Waals surface area contributed by atoms with Crippen LogP contribution in [0.1, 0.15) is 11.1 Å². The fourth-order valence-corrected chi connectivity index (χ4v) is 0.862. The van der Waals surface area contributed by atoms with Crippen LogP contribution in [0.5, 0.6) is 0 Å². The highest BCUT2D eigenvalue weighted by Gasteiger charge is 2.30. The lowest BCUT2D eigenvalue weighted by Gasteiger charge is -2.07. The van der Waals surface area contributed by atoms with E-state index in [4.69, 9.17) is 0 Å². The normalized spacial score (nSPS) is 11.8. The van der Waals surface area contributed by atoms with Crippen LogP contribution in [0.2, 0.25) is 0 Å². The maximum absolute atomic E-state index is 12.6. The van der Waals surface area contributed by atoms with Crippen molar-refractivity contribution in [3.8, 4) is 0 Å². The molecule has 0 spiro atoms. The van der Waals surface area contributed by atoms with Gasteiger partial charge in [0.1, 0.15) is 12.4 Å². The third-order valence-corrected chi connectivity index (χ3v) is 1.53. The maximum Gasteiger partial charge on any atom is 0.416 e. The number of alkyl halides is 3. The van der Waals surface area contributed by atoms with Crippen LogP contribution in [0.25, 0.3) is 0 Å². The molecule has 1 nitrogen and oxygen atoms in total. The second-order valence-corrected chi connectivity index (χ2v) is 2.45. The zero-order valence-corrected chi connectivity index (χ0v) is 6.36. The van der Waals surface area contributed by atoms with Crippen molar-refractivity contribution in [2.24, 2.45) is 0 Å². The van der Waals surface area contributed by atoms with Gasteiger partial charge in [0.2, 0.25) is 0 Å². The molecule has 0 saturated carbocycles. The topological polar surface area (TPSA) is 19.9 Å². The van der Waals surface area contributed by atoms with E-state index in [9.17, 15) is 22.7 Å². The molecule has 1 rings (SSSR count). The summed E-state index contributed by atoms with van der Waals surface area (Å²) in [6, 6.07) is 1.78. The zero-order valence-electron chi connectivity index (χ0n) is 6.36. The third-order valence-electron chi connectivity index (χ3n) is 1.53. The Hall–Kier alpha value is -1.10. The number of hydrogen-bond acceptors (Lipinski definition) is 0. The number of halogens is 4. The molecule has 1 radical (unpaired) electrons. The van der Waals surface area contributed by atoms with E-state index in [0.29, 0.717) is 18.2 Å². The van der Waals surface area contributed by atoms with Crippen LogP contribution in [-0.4, -0.2) is 0 Å². The first kappa shape index (κ1) is 9.98. The largest absolute Gasteiger partial charge is 0.416 e. The van der Waals surface area contributed by atoms with Crippen LogP contribution in [-0.2, 0) is 17.9 Å². The molecule has 0 heterocycles. The Balaban J connectivity index is 3.14. The van der Waals surface area contributed by atoms with Gasteiger partial charge in [0.15, 0.2) is 0 Å². The second kappa shape index (κ2) is 3.33. The Bertz CT molecular complexity index is 306. The standard InChI is InChI=1S/C8H5F4O/c9-7-2-1-6(8(10,11)12)3-5(7)4-13/h1-3H,4H2. The van der Waals surface area contributed by atoms with Crippen molar-refractivity contribution in [2.45, 2.75) is 12.8 Å². The van der Waals surface area contributed by atoms with E-state index in [0.717, 1.165) is 0 Å². The highest BCUT2D eigenvalue weighted by atomic mass is 19.4. The Labute approximate surface area is 71.6 Å². The molecule has 0 aliphatic carbocycles. The fraction of sp³-hybridized carbons (Fsp3) is 0.250. The van der Waals surface area contributed by atoms with E-state index in [1.54, 1.807) is 0 Å². The monoisotopic (exact) mass is 193 g/mol. The fourth-order valence-electron chi connectivity index (χ4n) is 0.862. The van der Waals surface area contributed by atoms with Crippen LogP contribution in [0.3, 0.4) is 0 Å². The first-order valence-corrected chi connectivity index (χ1v) is 3.39. The van der Waals surface area contributed by atoms with Crippen molar-refractivity contribution in [3.63, 3.8) is 0 Å². The quantitative estimate of drug-likeness (QED) is 0.611. The summed E-state index contributed by atoms with van der Waals surface area (Å²) in [6.07, 6.45) is -4.53. The van der Waals surface area contributed by atoms with Gasteiger partial charge in [-0.05, 0) is 18.2 Å². The molecule has 0 fully saturated rings. The lowest BCUT2D eigenvalue weighted by Crippen LogP contribution is -2.06. The van der Waals surface area contributed by atoms with Gasteiger partial charge in [-0.3, -0.25) is 0 Å². The van der Waals surface area contributed by atoms with Gasteiger partial charge in [0, 0.05) is 5.56 Å². The Morgan fingerprint density at radius 2 is 1.85 bits per heavy atom. The molecular formula is C8H5F4O.